The van der Waals surface area contributed by atoms with Gasteiger partial charge < -0.3 is 23.7 Å². The summed E-state index contributed by atoms with van der Waals surface area (Å²) >= 11 is 0. The average Bonchev–Trinajstić information content (AvgIpc) is 2.67. The van der Waals surface area contributed by atoms with Gasteiger partial charge in [0, 0.05) is 17.9 Å². The van der Waals surface area contributed by atoms with Crippen molar-refractivity contribution in [2.45, 2.75) is 76.8 Å². The van der Waals surface area contributed by atoms with Gasteiger partial charge in [0.1, 0.15) is 6.10 Å². The van der Waals surface area contributed by atoms with Gasteiger partial charge in [-0.25, -0.2) is 4.79 Å². The summed E-state index contributed by atoms with van der Waals surface area (Å²) in [6, 6.07) is 9.66. The molecule has 6 nitrogen and oxygen atoms in total. The molecule has 2 rings (SSSR count). The molecule has 1 aliphatic rings. The first kappa shape index (κ1) is 24.6. The van der Waals surface area contributed by atoms with Gasteiger partial charge in [-0.15, -0.1) is 0 Å². The van der Waals surface area contributed by atoms with Gasteiger partial charge in [0.15, 0.2) is 14.6 Å². The highest BCUT2D eigenvalue weighted by molar-refractivity contribution is 6.74. The molecule has 1 saturated heterocycles. The maximum Gasteiger partial charge on any atom is 0.384 e. The minimum Gasteiger partial charge on any atom is -0.456 e. The number of rotatable bonds is 6. The van der Waals surface area contributed by atoms with Crippen LogP contribution in [0.5, 0.6) is 0 Å². The van der Waals surface area contributed by atoms with Crippen molar-refractivity contribution >= 4 is 14.3 Å². The average molecular weight is 435 g/mol. The second-order valence-corrected chi connectivity index (χ2v) is 13.7. The molecule has 4 atom stereocenters. The minimum atomic E-state index is -2.09. The summed E-state index contributed by atoms with van der Waals surface area (Å²) in [5.74, 6) is 4.22. The number of hydrogen-bond donors (Lipinski definition) is 1. The van der Waals surface area contributed by atoms with E-state index in [2.05, 4.69) is 45.7 Å². The third-order valence-electron chi connectivity index (χ3n) is 5.52. The molecule has 1 heterocycles. The van der Waals surface area contributed by atoms with Crippen molar-refractivity contribution in [3.63, 3.8) is 0 Å². The molecular formula is C23H34O6Si. The lowest BCUT2D eigenvalue weighted by molar-refractivity contribution is -0.257. The van der Waals surface area contributed by atoms with Crippen LogP contribution in [0, 0.1) is 11.8 Å². The highest BCUT2D eigenvalue weighted by Crippen LogP contribution is 2.39. The zero-order valence-electron chi connectivity index (χ0n) is 18.8. The molecule has 0 saturated carbocycles. The van der Waals surface area contributed by atoms with Crippen LogP contribution in [0.3, 0.4) is 0 Å². The van der Waals surface area contributed by atoms with Crippen molar-refractivity contribution in [3.05, 3.63) is 35.9 Å². The van der Waals surface area contributed by atoms with E-state index >= 15 is 0 Å². The zero-order valence-corrected chi connectivity index (χ0v) is 19.8. The van der Waals surface area contributed by atoms with Crippen molar-refractivity contribution in [2.75, 3.05) is 13.2 Å². The van der Waals surface area contributed by atoms with E-state index in [-0.39, 0.29) is 24.2 Å². The van der Waals surface area contributed by atoms with Crippen LogP contribution in [0.1, 0.15) is 46.0 Å². The number of carbonyl (C=O) groups excluding carboxylic acids is 1. The van der Waals surface area contributed by atoms with Crippen LogP contribution in [0.15, 0.2) is 30.3 Å². The van der Waals surface area contributed by atoms with Crippen LogP contribution in [0.25, 0.3) is 0 Å². The van der Waals surface area contributed by atoms with Crippen LogP contribution in [0.2, 0.25) is 18.1 Å². The molecule has 1 fully saturated rings. The number of benzene rings is 1. The second-order valence-electron chi connectivity index (χ2n) is 8.91. The van der Waals surface area contributed by atoms with Gasteiger partial charge in [0.05, 0.1) is 25.4 Å². The lowest BCUT2D eigenvalue weighted by Crippen LogP contribution is -2.52. The van der Waals surface area contributed by atoms with Gasteiger partial charge in [-0.1, -0.05) is 57.0 Å². The third-order valence-corrected chi connectivity index (χ3v) is 10.0. The van der Waals surface area contributed by atoms with Gasteiger partial charge in [0.2, 0.25) is 0 Å². The largest absolute Gasteiger partial charge is 0.456 e. The summed E-state index contributed by atoms with van der Waals surface area (Å²) in [6.07, 6.45) is -2.13. The molecule has 1 N–H and O–H groups in total. The number of aliphatic hydroxyl groups excluding tert-OH is 1. The molecule has 0 amide bonds. The molecule has 1 aliphatic heterocycles. The standard InChI is InChI=1S/C23H34O6Si/c1-7-26-21(25)14-13-18(24)15-19-20(29-30(5,6)23(2,3)4)16-27-22(28-19)17-11-9-8-10-12-17/h8-12,18-20,22,24H,7,15-16H2,1-6H3/t18-,19+,20-,22-/m1/s1. The molecule has 1 aromatic carbocycles. The van der Waals surface area contributed by atoms with Crippen LogP contribution in [0.4, 0.5) is 0 Å². The van der Waals surface area contributed by atoms with E-state index in [0.717, 1.165) is 5.56 Å². The summed E-state index contributed by atoms with van der Waals surface area (Å²) in [5, 5.41) is 10.4. The van der Waals surface area contributed by atoms with Crippen molar-refractivity contribution in [1.29, 1.82) is 0 Å². The number of esters is 1. The Morgan fingerprint density at radius 1 is 1.30 bits per heavy atom. The van der Waals surface area contributed by atoms with Crippen molar-refractivity contribution in [2.24, 2.45) is 0 Å². The van der Waals surface area contributed by atoms with Gasteiger partial charge in [-0.3, -0.25) is 0 Å². The van der Waals surface area contributed by atoms with E-state index in [0.29, 0.717) is 6.61 Å². The Labute approximate surface area is 181 Å². The highest BCUT2D eigenvalue weighted by atomic mass is 28.4. The lowest BCUT2D eigenvalue weighted by atomic mass is 10.1. The number of ether oxygens (including phenoxy) is 3. The van der Waals surface area contributed by atoms with E-state index in [1.165, 1.54) is 0 Å². The molecule has 0 spiro atoms. The molecule has 0 aromatic heterocycles. The van der Waals surface area contributed by atoms with Crippen molar-refractivity contribution < 1.29 is 28.5 Å². The Morgan fingerprint density at radius 3 is 2.57 bits per heavy atom. The summed E-state index contributed by atoms with van der Waals surface area (Å²) in [7, 11) is -2.09. The maximum atomic E-state index is 11.5. The van der Waals surface area contributed by atoms with Gasteiger partial charge >= 0.3 is 5.97 Å². The van der Waals surface area contributed by atoms with Gasteiger partial charge in [0.25, 0.3) is 0 Å². The van der Waals surface area contributed by atoms with Crippen LogP contribution < -0.4 is 0 Å². The van der Waals surface area contributed by atoms with Crippen LogP contribution in [-0.4, -0.2) is 50.9 Å². The Kier molecular flexibility index (Phi) is 8.65. The maximum absolute atomic E-state index is 11.5. The van der Waals surface area contributed by atoms with Crippen molar-refractivity contribution in [3.8, 4) is 11.8 Å². The minimum absolute atomic E-state index is 0.0240. The Morgan fingerprint density at radius 2 is 1.97 bits per heavy atom. The fourth-order valence-corrected chi connectivity index (χ4v) is 4.15. The van der Waals surface area contributed by atoms with Gasteiger partial charge in [-0.2, -0.15) is 0 Å². The predicted octanol–water partition coefficient (Wildman–Crippen LogP) is 3.81. The smallest absolute Gasteiger partial charge is 0.384 e. The van der Waals surface area contributed by atoms with Gasteiger partial charge in [-0.05, 0) is 25.1 Å². The molecule has 0 bridgehead atoms. The number of aliphatic hydroxyl groups is 1. The fourth-order valence-electron chi connectivity index (χ4n) is 2.82. The lowest BCUT2D eigenvalue weighted by Gasteiger charge is -2.44. The first-order chi connectivity index (χ1) is 14.0. The number of hydrogen-bond acceptors (Lipinski definition) is 6. The monoisotopic (exact) mass is 434 g/mol. The highest BCUT2D eigenvalue weighted by Gasteiger charge is 2.43. The van der Waals surface area contributed by atoms with Crippen LogP contribution in [-0.2, 0) is 23.4 Å². The molecule has 0 unspecified atom stereocenters. The quantitative estimate of drug-likeness (QED) is 0.318. The first-order valence-corrected chi connectivity index (χ1v) is 13.3. The summed E-state index contributed by atoms with van der Waals surface area (Å²) in [4.78, 5) is 11.5. The molecule has 7 heteroatoms. The third kappa shape index (κ3) is 6.93. The summed E-state index contributed by atoms with van der Waals surface area (Å²) in [6.45, 7) is 13.2. The molecular weight excluding hydrogens is 400 g/mol. The second kappa shape index (κ2) is 10.6. The SMILES string of the molecule is CCOC(=O)C#C[C@@H](O)C[C@@H]1O[C@H](c2ccccc2)OC[C@H]1O[Si](C)(C)C(C)(C)C. The first-order valence-electron chi connectivity index (χ1n) is 10.4. The molecule has 166 valence electrons. The topological polar surface area (TPSA) is 74.2 Å². The van der Waals surface area contributed by atoms with E-state index in [1.807, 2.05) is 30.3 Å². The fraction of sp³-hybridized carbons (Fsp3) is 0.609. The summed E-state index contributed by atoms with van der Waals surface area (Å²) < 4.78 is 23.5. The van der Waals surface area contributed by atoms with Crippen molar-refractivity contribution in [1.82, 2.24) is 0 Å². The number of carbonyl (C=O) groups is 1. The van der Waals surface area contributed by atoms with E-state index in [1.54, 1.807) is 6.92 Å². The zero-order chi connectivity index (χ0) is 22.4. The van der Waals surface area contributed by atoms with E-state index in [4.69, 9.17) is 18.6 Å². The van der Waals surface area contributed by atoms with E-state index in [9.17, 15) is 9.90 Å². The molecule has 1 aromatic rings. The molecule has 0 radical (unpaired) electrons. The summed E-state index contributed by atoms with van der Waals surface area (Å²) in [5.41, 5.74) is 0.903. The molecule has 0 aliphatic carbocycles. The Bertz CT molecular complexity index is 746. The predicted molar refractivity (Wildman–Crippen MR) is 117 cm³/mol. The Balaban J connectivity index is 2.16. The van der Waals surface area contributed by atoms with Crippen LogP contribution >= 0.6 is 0 Å². The normalized spacial score (nSPS) is 23.2. The Hall–Kier alpha value is -1.69. The van der Waals surface area contributed by atoms with E-state index < -0.39 is 32.8 Å². The molecule has 30 heavy (non-hydrogen) atoms.